The molecule has 5 nitrogen and oxygen atoms in total. The molecule has 5 heteroatoms. The molecular weight excluding hydrogens is 280 g/mol. The van der Waals surface area contributed by atoms with Gasteiger partial charge in [-0.15, -0.1) is 0 Å². The largest absolute Gasteiger partial charge is 0.488 e. The van der Waals surface area contributed by atoms with E-state index in [1.165, 1.54) is 0 Å². The molecule has 1 aromatic carbocycles. The van der Waals surface area contributed by atoms with Crippen molar-refractivity contribution >= 4 is 22.4 Å². The van der Waals surface area contributed by atoms with Crippen LogP contribution in [-0.4, -0.2) is 21.6 Å². The van der Waals surface area contributed by atoms with Gasteiger partial charge < -0.3 is 14.2 Å². The van der Waals surface area contributed by atoms with Gasteiger partial charge in [0.2, 0.25) is 0 Å². The van der Waals surface area contributed by atoms with E-state index in [1.54, 1.807) is 24.4 Å². The van der Waals surface area contributed by atoms with Crippen LogP contribution >= 0.6 is 0 Å². The number of carboxylic acid groups (broad SMARTS) is 1. The molecule has 0 fully saturated rings. The van der Waals surface area contributed by atoms with Crippen molar-refractivity contribution in [1.29, 1.82) is 5.26 Å². The van der Waals surface area contributed by atoms with Crippen molar-refractivity contribution in [3.05, 3.63) is 48.2 Å². The van der Waals surface area contributed by atoms with Crippen LogP contribution in [0.25, 0.3) is 16.4 Å². The number of aromatic nitrogens is 1. The molecule has 3 rings (SSSR count). The van der Waals surface area contributed by atoms with Crippen molar-refractivity contribution in [3.8, 4) is 11.8 Å². The van der Waals surface area contributed by atoms with E-state index in [0.717, 1.165) is 5.52 Å². The SMILES string of the molecule is CC(CC#N)Oc1ccc2c(C(=O)O)c3ccccc3n2c1. The first-order valence-corrected chi connectivity index (χ1v) is 6.91. The van der Waals surface area contributed by atoms with Crippen LogP contribution < -0.4 is 4.74 Å². The molecule has 0 saturated carbocycles. The maximum absolute atomic E-state index is 11.6. The summed E-state index contributed by atoms with van der Waals surface area (Å²) in [5, 5.41) is 18.9. The fraction of sp³-hybridized carbons (Fsp3) is 0.176. The summed E-state index contributed by atoms with van der Waals surface area (Å²) in [5.41, 5.74) is 1.72. The topological polar surface area (TPSA) is 74.7 Å². The van der Waals surface area contributed by atoms with Crippen molar-refractivity contribution in [2.45, 2.75) is 19.4 Å². The summed E-state index contributed by atoms with van der Waals surface area (Å²) in [7, 11) is 0. The van der Waals surface area contributed by atoms with E-state index in [2.05, 4.69) is 6.07 Å². The van der Waals surface area contributed by atoms with Gasteiger partial charge in [0.1, 0.15) is 11.9 Å². The van der Waals surface area contributed by atoms with Crippen LogP contribution in [0.4, 0.5) is 0 Å². The van der Waals surface area contributed by atoms with Gasteiger partial charge in [-0.3, -0.25) is 0 Å². The summed E-state index contributed by atoms with van der Waals surface area (Å²) in [5.74, 6) is -0.349. The molecule has 0 aliphatic rings. The number of carboxylic acids is 1. The standard InChI is InChI=1S/C17H14N2O3/c1-11(8-9-18)22-12-6-7-15-16(17(20)21)13-4-2-3-5-14(13)19(15)10-12/h2-7,10-11H,8H2,1H3,(H,20,21). The van der Waals surface area contributed by atoms with Gasteiger partial charge in [0, 0.05) is 5.39 Å². The number of pyridine rings is 1. The Kier molecular flexibility index (Phi) is 3.43. The first-order chi connectivity index (χ1) is 10.6. The van der Waals surface area contributed by atoms with Crippen LogP contribution in [0.5, 0.6) is 5.75 Å². The second-order valence-electron chi connectivity index (χ2n) is 5.11. The number of hydrogen-bond acceptors (Lipinski definition) is 3. The Hall–Kier alpha value is -3.00. The molecule has 0 bridgehead atoms. The first kappa shape index (κ1) is 14.0. The van der Waals surface area contributed by atoms with E-state index in [4.69, 9.17) is 10.00 Å². The molecule has 22 heavy (non-hydrogen) atoms. The Balaban J connectivity index is 2.18. The third kappa shape index (κ3) is 2.25. The Labute approximate surface area is 127 Å². The fourth-order valence-corrected chi connectivity index (χ4v) is 2.61. The smallest absolute Gasteiger partial charge is 0.338 e. The van der Waals surface area contributed by atoms with Gasteiger partial charge in [-0.25, -0.2) is 4.79 Å². The number of ether oxygens (including phenoxy) is 1. The van der Waals surface area contributed by atoms with Gasteiger partial charge in [0.15, 0.2) is 0 Å². The van der Waals surface area contributed by atoms with E-state index >= 15 is 0 Å². The zero-order valence-corrected chi connectivity index (χ0v) is 12.0. The van der Waals surface area contributed by atoms with Crippen LogP contribution in [-0.2, 0) is 0 Å². The minimum atomic E-state index is -0.954. The third-order valence-corrected chi connectivity index (χ3v) is 3.54. The van der Waals surface area contributed by atoms with E-state index < -0.39 is 5.97 Å². The van der Waals surface area contributed by atoms with E-state index in [1.807, 2.05) is 29.5 Å². The predicted molar refractivity (Wildman–Crippen MR) is 82.2 cm³/mol. The van der Waals surface area contributed by atoms with Crippen LogP contribution in [0.1, 0.15) is 23.7 Å². The molecule has 2 aromatic heterocycles. The van der Waals surface area contributed by atoms with Gasteiger partial charge in [-0.1, -0.05) is 18.2 Å². The van der Waals surface area contributed by atoms with Crippen LogP contribution in [0.15, 0.2) is 42.6 Å². The Morgan fingerprint density at radius 3 is 2.82 bits per heavy atom. The lowest BCUT2D eigenvalue weighted by molar-refractivity contribution is 0.0701. The number of para-hydroxylation sites is 1. The van der Waals surface area contributed by atoms with E-state index in [0.29, 0.717) is 23.1 Å². The molecule has 0 aliphatic heterocycles. The Morgan fingerprint density at radius 1 is 1.32 bits per heavy atom. The molecule has 1 unspecified atom stereocenters. The number of benzene rings is 1. The highest BCUT2D eigenvalue weighted by Crippen LogP contribution is 2.29. The molecule has 0 spiro atoms. The fourth-order valence-electron chi connectivity index (χ4n) is 2.61. The minimum Gasteiger partial charge on any atom is -0.488 e. The minimum absolute atomic E-state index is 0.219. The normalized spacial score (nSPS) is 12.2. The first-order valence-electron chi connectivity index (χ1n) is 6.91. The lowest BCUT2D eigenvalue weighted by Crippen LogP contribution is -2.10. The second-order valence-corrected chi connectivity index (χ2v) is 5.11. The van der Waals surface area contributed by atoms with Crippen LogP contribution in [0.3, 0.4) is 0 Å². The Morgan fingerprint density at radius 2 is 2.09 bits per heavy atom. The highest BCUT2D eigenvalue weighted by Gasteiger charge is 2.17. The molecule has 0 aliphatic carbocycles. The van der Waals surface area contributed by atoms with Gasteiger partial charge in [0.05, 0.1) is 35.3 Å². The van der Waals surface area contributed by atoms with E-state index in [-0.39, 0.29) is 11.7 Å². The highest BCUT2D eigenvalue weighted by atomic mass is 16.5. The van der Waals surface area contributed by atoms with Crippen molar-refractivity contribution < 1.29 is 14.6 Å². The molecule has 2 heterocycles. The van der Waals surface area contributed by atoms with Crippen LogP contribution in [0.2, 0.25) is 0 Å². The van der Waals surface area contributed by atoms with Crippen molar-refractivity contribution in [2.75, 3.05) is 0 Å². The number of fused-ring (bicyclic) bond motifs is 3. The molecule has 1 N–H and O–H groups in total. The van der Waals surface area contributed by atoms with Crippen molar-refractivity contribution in [3.63, 3.8) is 0 Å². The molecule has 1 atom stereocenters. The molecule has 0 radical (unpaired) electrons. The molecule has 3 aromatic rings. The van der Waals surface area contributed by atoms with Gasteiger partial charge in [-0.05, 0) is 25.1 Å². The zero-order valence-electron chi connectivity index (χ0n) is 12.0. The lowest BCUT2D eigenvalue weighted by atomic mass is 10.1. The number of rotatable bonds is 4. The summed E-state index contributed by atoms with van der Waals surface area (Å²) in [6.07, 6.45) is 1.84. The second kappa shape index (κ2) is 5.41. The van der Waals surface area contributed by atoms with Crippen molar-refractivity contribution in [2.24, 2.45) is 0 Å². The number of hydrogen-bond donors (Lipinski definition) is 1. The van der Waals surface area contributed by atoms with E-state index in [9.17, 15) is 9.90 Å². The summed E-state index contributed by atoms with van der Waals surface area (Å²) in [4.78, 5) is 11.6. The molecule has 0 amide bonds. The summed E-state index contributed by atoms with van der Waals surface area (Å²) in [6, 6.07) is 12.9. The maximum Gasteiger partial charge on any atom is 0.338 e. The highest BCUT2D eigenvalue weighted by molar-refractivity contribution is 6.11. The summed E-state index contributed by atoms with van der Waals surface area (Å²) < 4.78 is 7.50. The van der Waals surface area contributed by atoms with Gasteiger partial charge >= 0.3 is 5.97 Å². The average molecular weight is 294 g/mol. The lowest BCUT2D eigenvalue weighted by Gasteiger charge is -2.12. The zero-order chi connectivity index (χ0) is 15.7. The average Bonchev–Trinajstić information content (AvgIpc) is 2.81. The molecule has 0 saturated heterocycles. The number of aromatic carboxylic acids is 1. The van der Waals surface area contributed by atoms with Gasteiger partial charge in [0.25, 0.3) is 0 Å². The Bertz CT molecular complexity index is 905. The van der Waals surface area contributed by atoms with Crippen molar-refractivity contribution in [1.82, 2.24) is 4.40 Å². The number of nitrogens with zero attached hydrogens (tertiary/aromatic N) is 2. The number of nitriles is 1. The third-order valence-electron chi connectivity index (χ3n) is 3.54. The summed E-state index contributed by atoms with van der Waals surface area (Å²) in [6.45, 7) is 1.82. The maximum atomic E-state index is 11.6. The molecule has 110 valence electrons. The van der Waals surface area contributed by atoms with Gasteiger partial charge in [-0.2, -0.15) is 5.26 Å². The predicted octanol–water partition coefficient (Wildman–Crippen LogP) is 3.47. The van der Waals surface area contributed by atoms with Crippen LogP contribution in [0, 0.1) is 11.3 Å². The summed E-state index contributed by atoms with van der Waals surface area (Å²) >= 11 is 0. The molecular formula is C17H14N2O3. The number of carbonyl (C=O) groups is 1. The monoisotopic (exact) mass is 294 g/mol. The quantitative estimate of drug-likeness (QED) is 0.799.